The highest BCUT2D eigenvalue weighted by atomic mass is 35.5. The van der Waals surface area contributed by atoms with E-state index < -0.39 is 0 Å². The monoisotopic (exact) mass is 478 g/mol. The van der Waals surface area contributed by atoms with Crippen LogP contribution in [0.3, 0.4) is 0 Å². The van der Waals surface area contributed by atoms with Gasteiger partial charge in [0.2, 0.25) is 0 Å². The second-order valence-electron chi connectivity index (χ2n) is 7.94. The first-order valence-corrected chi connectivity index (χ1v) is 10.9. The summed E-state index contributed by atoms with van der Waals surface area (Å²) in [4.78, 5) is 23.8. The Bertz CT molecular complexity index is 674. The zero-order chi connectivity index (χ0) is 24.0. The fourth-order valence-electron chi connectivity index (χ4n) is 2.42. The Hall–Kier alpha value is -1.70. The van der Waals surface area contributed by atoms with Gasteiger partial charge in [-0.15, -0.1) is 0 Å². The van der Waals surface area contributed by atoms with Crippen LogP contribution in [0, 0.1) is 5.92 Å². The maximum Gasteiger partial charge on any atom is 0.410 e. The van der Waals surface area contributed by atoms with E-state index in [2.05, 4.69) is 10.1 Å². The highest BCUT2D eigenvalue weighted by molar-refractivity contribution is 6.42. The lowest BCUT2D eigenvalue weighted by atomic mass is 10.2. The Morgan fingerprint density at radius 3 is 2.13 bits per heavy atom. The third-order valence-electron chi connectivity index (χ3n) is 4.00. The molecule has 1 saturated heterocycles. The molecule has 1 amide bonds. The van der Waals surface area contributed by atoms with Crippen molar-refractivity contribution in [1.29, 1.82) is 0 Å². The van der Waals surface area contributed by atoms with Crippen LogP contribution in [0.5, 0.6) is 5.75 Å². The number of esters is 1. The van der Waals surface area contributed by atoms with Crippen molar-refractivity contribution >= 4 is 35.3 Å². The molecule has 1 aromatic carbocycles. The fraction of sp³-hybridized carbons (Fsp3) is 0.636. The van der Waals surface area contributed by atoms with Crippen LogP contribution in [-0.4, -0.2) is 63.5 Å². The molecule has 1 aliphatic heterocycles. The Morgan fingerprint density at radius 1 is 1.13 bits per heavy atom. The summed E-state index contributed by atoms with van der Waals surface area (Å²) in [6.45, 7) is 9.88. The molecule has 1 atom stereocenters. The highest BCUT2D eigenvalue weighted by Crippen LogP contribution is 2.25. The lowest BCUT2D eigenvalue weighted by Crippen LogP contribution is -2.34. The summed E-state index contributed by atoms with van der Waals surface area (Å²) in [5.74, 6) is 0.513. The van der Waals surface area contributed by atoms with E-state index in [0.717, 1.165) is 31.7 Å². The molecule has 1 unspecified atom stereocenters. The van der Waals surface area contributed by atoms with Crippen LogP contribution < -0.4 is 10.1 Å². The molecule has 0 aromatic heterocycles. The second kappa shape index (κ2) is 15.2. The van der Waals surface area contributed by atoms with Crippen molar-refractivity contribution in [3.05, 3.63) is 28.2 Å². The van der Waals surface area contributed by atoms with E-state index in [0.29, 0.717) is 16.6 Å². The van der Waals surface area contributed by atoms with Gasteiger partial charge >= 0.3 is 12.1 Å². The highest BCUT2D eigenvalue weighted by Gasteiger charge is 2.23. The SMILES string of the molecule is CC(C)(C)OC(=O)N1CCCC1.CNCC(C)C(=O)OC.COc1ccc(Cl)c(Cl)c1. The first-order valence-electron chi connectivity index (χ1n) is 10.1. The minimum absolute atomic E-state index is 0.0417. The minimum atomic E-state index is -0.361. The zero-order valence-corrected chi connectivity index (χ0v) is 21.1. The van der Waals surface area contributed by atoms with Gasteiger partial charge in [-0.05, 0) is 52.8 Å². The molecule has 31 heavy (non-hydrogen) atoms. The number of carbonyl (C=O) groups is 2. The average Bonchev–Trinajstić information content (AvgIpc) is 3.24. The fourth-order valence-corrected chi connectivity index (χ4v) is 2.71. The van der Waals surface area contributed by atoms with Crippen LogP contribution in [0.25, 0.3) is 0 Å². The number of amides is 1. The molecule has 1 fully saturated rings. The van der Waals surface area contributed by atoms with Gasteiger partial charge in [-0.2, -0.15) is 0 Å². The van der Waals surface area contributed by atoms with Crippen molar-refractivity contribution in [2.75, 3.05) is 40.9 Å². The van der Waals surface area contributed by atoms with Gasteiger partial charge in [-0.25, -0.2) is 4.79 Å². The summed E-state index contributed by atoms with van der Waals surface area (Å²) in [5, 5.41) is 3.94. The average molecular weight is 479 g/mol. The number of benzene rings is 1. The lowest BCUT2D eigenvalue weighted by molar-refractivity contribution is -0.144. The van der Waals surface area contributed by atoms with E-state index >= 15 is 0 Å². The van der Waals surface area contributed by atoms with Crippen molar-refractivity contribution in [3.8, 4) is 5.75 Å². The number of hydrogen-bond acceptors (Lipinski definition) is 6. The number of methoxy groups -OCH3 is 2. The minimum Gasteiger partial charge on any atom is -0.497 e. The van der Waals surface area contributed by atoms with Crippen LogP contribution in [0.15, 0.2) is 18.2 Å². The maximum atomic E-state index is 11.4. The zero-order valence-electron chi connectivity index (χ0n) is 19.6. The van der Waals surface area contributed by atoms with Gasteiger partial charge in [-0.3, -0.25) is 4.79 Å². The number of rotatable bonds is 4. The summed E-state index contributed by atoms with van der Waals surface area (Å²) in [6.07, 6.45) is 2.05. The van der Waals surface area contributed by atoms with Crippen LogP contribution in [0.2, 0.25) is 10.0 Å². The normalized spacial score (nSPS) is 13.8. The van der Waals surface area contributed by atoms with E-state index in [1.54, 1.807) is 37.3 Å². The molecule has 7 nitrogen and oxygen atoms in total. The lowest BCUT2D eigenvalue weighted by Gasteiger charge is -2.23. The van der Waals surface area contributed by atoms with Crippen molar-refractivity contribution in [2.45, 2.75) is 46.1 Å². The first kappa shape index (κ1) is 29.3. The first-order chi connectivity index (χ1) is 14.4. The summed E-state index contributed by atoms with van der Waals surface area (Å²) < 4.78 is 14.6. The van der Waals surface area contributed by atoms with Gasteiger partial charge in [0.25, 0.3) is 0 Å². The van der Waals surface area contributed by atoms with E-state index in [-0.39, 0.29) is 23.6 Å². The maximum absolute atomic E-state index is 11.4. The molecule has 9 heteroatoms. The standard InChI is InChI=1S/C9H17NO2.C7H6Cl2O.C6H13NO2/c1-9(2,3)12-8(11)10-6-4-5-7-10;1-10-5-2-3-6(8)7(9)4-5;1-5(4-7-2)6(8)9-3/h4-7H2,1-3H3;2-4H,1H3;5,7H,4H2,1-3H3. The number of likely N-dealkylation sites (tertiary alicyclic amines) is 1. The molecule has 0 bridgehead atoms. The van der Waals surface area contributed by atoms with Crippen molar-refractivity contribution < 1.29 is 23.8 Å². The van der Waals surface area contributed by atoms with Crippen LogP contribution in [-0.2, 0) is 14.3 Å². The third-order valence-corrected chi connectivity index (χ3v) is 4.74. The predicted octanol–water partition coefficient (Wildman–Crippen LogP) is 5.03. The van der Waals surface area contributed by atoms with E-state index in [4.69, 9.17) is 32.7 Å². The number of nitrogens with one attached hydrogen (secondary N) is 1. The Balaban J connectivity index is 0.000000441. The predicted molar refractivity (Wildman–Crippen MR) is 125 cm³/mol. The number of halogens is 2. The molecule has 1 aromatic rings. The number of nitrogens with zero attached hydrogens (tertiary/aromatic N) is 1. The molecular weight excluding hydrogens is 443 g/mol. The largest absolute Gasteiger partial charge is 0.497 e. The summed E-state index contributed by atoms with van der Waals surface area (Å²) in [5.41, 5.74) is -0.361. The van der Waals surface area contributed by atoms with Gasteiger partial charge in [0, 0.05) is 25.7 Å². The smallest absolute Gasteiger partial charge is 0.410 e. The van der Waals surface area contributed by atoms with Gasteiger partial charge in [0.15, 0.2) is 0 Å². The summed E-state index contributed by atoms with van der Waals surface area (Å²) in [6, 6.07) is 5.13. The van der Waals surface area contributed by atoms with Crippen molar-refractivity contribution in [2.24, 2.45) is 5.92 Å². The van der Waals surface area contributed by atoms with Gasteiger partial charge < -0.3 is 24.4 Å². The van der Waals surface area contributed by atoms with E-state index in [9.17, 15) is 9.59 Å². The molecular formula is C22H36Cl2N2O5. The summed E-state index contributed by atoms with van der Waals surface area (Å²) in [7, 11) is 4.79. The molecule has 0 aliphatic carbocycles. The van der Waals surface area contributed by atoms with Gasteiger partial charge in [0.1, 0.15) is 11.4 Å². The Labute approximate surface area is 196 Å². The second-order valence-corrected chi connectivity index (χ2v) is 8.75. The van der Waals surface area contributed by atoms with Crippen LogP contribution in [0.4, 0.5) is 4.79 Å². The molecule has 178 valence electrons. The van der Waals surface area contributed by atoms with Gasteiger partial charge in [-0.1, -0.05) is 30.1 Å². The molecule has 0 spiro atoms. The van der Waals surface area contributed by atoms with Crippen molar-refractivity contribution in [1.82, 2.24) is 10.2 Å². The van der Waals surface area contributed by atoms with Gasteiger partial charge in [0.05, 0.1) is 30.2 Å². The topological polar surface area (TPSA) is 77.1 Å². The van der Waals surface area contributed by atoms with E-state index in [1.807, 2.05) is 27.7 Å². The third kappa shape index (κ3) is 13.3. The molecule has 0 radical (unpaired) electrons. The molecule has 1 N–H and O–H groups in total. The number of ether oxygens (including phenoxy) is 3. The summed E-state index contributed by atoms with van der Waals surface area (Å²) >= 11 is 11.3. The molecule has 1 heterocycles. The number of hydrogen-bond donors (Lipinski definition) is 1. The molecule has 1 aliphatic rings. The molecule has 0 saturated carbocycles. The Kier molecular flexibility index (Phi) is 14.3. The van der Waals surface area contributed by atoms with Crippen LogP contribution >= 0.6 is 23.2 Å². The van der Waals surface area contributed by atoms with Crippen LogP contribution in [0.1, 0.15) is 40.5 Å². The molecule has 2 rings (SSSR count). The Morgan fingerprint density at radius 2 is 1.71 bits per heavy atom. The van der Waals surface area contributed by atoms with E-state index in [1.165, 1.54) is 7.11 Å². The number of carbonyl (C=O) groups excluding carboxylic acids is 2. The van der Waals surface area contributed by atoms with Crippen molar-refractivity contribution in [3.63, 3.8) is 0 Å². The quantitative estimate of drug-likeness (QED) is 0.611.